The Bertz CT molecular complexity index is 917. The fourth-order valence-corrected chi connectivity index (χ4v) is 2.59. The van der Waals surface area contributed by atoms with E-state index in [1.807, 2.05) is 0 Å². The predicted molar refractivity (Wildman–Crippen MR) is 99.2 cm³/mol. The summed E-state index contributed by atoms with van der Waals surface area (Å²) >= 11 is 5.72. The van der Waals surface area contributed by atoms with Crippen molar-refractivity contribution in [2.45, 2.75) is 19.9 Å². The molecule has 0 spiro atoms. The van der Waals surface area contributed by atoms with E-state index in [4.69, 9.17) is 11.6 Å². The molecule has 148 valence electrons. The highest BCUT2D eigenvalue weighted by molar-refractivity contribution is 6.32. The fraction of sp³-hybridized carbons (Fsp3) is 0.222. The molecule has 0 aromatic heterocycles. The summed E-state index contributed by atoms with van der Waals surface area (Å²) < 4.78 is 26.6. The van der Waals surface area contributed by atoms with E-state index in [2.05, 4.69) is 10.6 Å². The first-order valence-corrected chi connectivity index (χ1v) is 8.48. The zero-order chi connectivity index (χ0) is 21.0. The number of carbonyl (C=O) groups is 2. The van der Waals surface area contributed by atoms with E-state index in [0.717, 1.165) is 18.2 Å². The van der Waals surface area contributed by atoms with Crippen LogP contribution in [0, 0.1) is 27.7 Å². The average molecular weight is 412 g/mol. The van der Waals surface area contributed by atoms with Crippen molar-refractivity contribution in [3.63, 3.8) is 0 Å². The molecule has 2 N–H and O–H groups in total. The van der Waals surface area contributed by atoms with Crippen molar-refractivity contribution in [1.82, 2.24) is 5.32 Å². The predicted octanol–water partition coefficient (Wildman–Crippen LogP) is 3.92. The van der Waals surface area contributed by atoms with E-state index in [0.29, 0.717) is 6.07 Å². The number of benzene rings is 2. The minimum absolute atomic E-state index is 0.0636. The van der Waals surface area contributed by atoms with Crippen molar-refractivity contribution in [3.05, 3.63) is 68.7 Å². The molecule has 2 amide bonds. The molecule has 0 unspecified atom stereocenters. The van der Waals surface area contributed by atoms with Crippen LogP contribution in [0.15, 0.2) is 36.4 Å². The lowest BCUT2D eigenvalue weighted by Gasteiger charge is -2.22. The van der Waals surface area contributed by atoms with Crippen molar-refractivity contribution in [2.75, 3.05) is 5.32 Å². The topological polar surface area (TPSA) is 101 Å². The van der Waals surface area contributed by atoms with Gasteiger partial charge in [-0.25, -0.2) is 8.78 Å². The van der Waals surface area contributed by atoms with Crippen LogP contribution in [0.1, 0.15) is 24.2 Å². The summed E-state index contributed by atoms with van der Waals surface area (Å²) in [5, 5.41) is 15.6. The van der Waals surface area contributed by atoms with Crippen LogP contribution in [0.4, 0.5) is 20.2 Å². The Morgan fingerprint density at radius 2 is 1.71 bits per heavy atom. The minimum atomic E-state index is -1.06. The van der Waals surface area contributed by atoms with Crippen molar-refractivity contribution in [2.24, 2.45) is 5.92 Å². The number of nitro benzene ring substituents is 1. The maximum absolute atomic E-state index is 13.3. The summed E-state index contributed by atoms with van der Waals surface area (Å²) in [5.74, 6) is -3.55. The Labute approximate surface area is 163 Å². The number of rotatable bonds is 6. The Morgan fingerprint density at radius 3 is 2.25 bits per heavy atom. The molecule has 2 aromatic rings. The lowest BCUT2D eigenvalue weighted by atomic mass is 10.0. The molecule has 0 saturated heterocycles. The van der Waals surface area contributed by atoms with Crippen molar-refractivity contribution in [1.29, 1.82) is 0 Å². The summed E-state index contributed by atoms with van der Waals surface area (Å²) in [6.45, 7) is 3.31. The highest BCUT2D eigenvalue weighted by Gasteiger charge is 2.26. The van der Waals surface area contributed by atoms with Gasteiger partial charge in [0.2, 0.25) is 5.91 Å². The maximum Gasteiger partial charge on any atom is 0.288 e. The average Bonchev–Trinajstić information content (AvgIpc) is 2.58. The van der Waals surface area contributed by atoms with E-state index < -0.39 is 40.1 Å². The number of hydrogen-bond donors (Lipinski definition) is 2. The van der Waals surface area contributed by atoms with Crippen molar-refractivity contribution >= 4 is 34.8 Å². The third kappa shape index (κ3) is 5.23. The minimum Gasteiger partial charge on any atom is -0.340 e. The fourth-order valence-electron chi connectivity index (χ4n) is 2.40. The summed E-state index contributed by atoms with van der Waals surface area (Å²) in [7, 11) is 0. The molecule has 28 heavy (non-hydrogen) atoms. The molecule has 2 aromatic carbocycles. The Kier molecular flexibility index (Phi) is 6.63. The molecule has 0 saturated carbocycles. The largest absolute Gasteiger partial charge is 0.340 e. The van der Waals surface area contributed by atoms with Gasteiger partial charge in [-0.1, -0.05) is 25.4 Å². The number of nitro groups is 1. The Hall–Kier alpha value is -3.07. The molecule has 1 atom stereocenters. The summed E-state index contributed by atoms with van der Waals surface area (Å²) in [5.41, 5.74) is -0.619. The number of halogens is 3. The monoisotopic (exact) mass is 411 g/mol. The number of amides is 2. The molecule has 10 heteroatoms. The van der Waals surface area contributed by atoms with Gasteiger partial charge in [0.25, 0.3) is 11.6 Å². The molecule has 2 rings (SSSR count). The van der Waals surface area contributed by atoms with Gasteiger partial charge in [0, 0.05) is 23.4 Å². The highest BCUT2D eigenvalue weighted by atomic mass is 35.5. The zero-order valence-corrected chi connectivity index (χ0v) is 15.6. The van der Waals surface area contributed by atoms with E-state index in [1.54, 1.807) is 13.8 Å². The van der Waals surface area contributed by atoms with Gasteiger partial charge in [-0.3, -0.25) is 19.7 Å². The molecule has 0 heterocycles. The first-order valence-electron chi connectivity index (χ1n) is 8.10. The quantitative estimate of drug-likeness (QED) is 0.555. The first-order chi connectivity index (χ1) is 13.1. The normalized spacial score (nSPS) is 11.8. The van der Waals surface area contributed by atoms with Gasteiger partial charge in [0.05, 0.1) is 4.92 Å². The van der Waals surface area contributed by atoms with Crippen LogP contribution in [-0.4, -0.2) is 22.8 Å². The molecule has 0 aliphatic rings. The maximum atomic E-state index is 13.3. The van der Waals surface area contributed by atoms with Crippen LogP contribution in [0.2, 0.25) is 5.02 Å². The molecule has 7 nitrogen and oxygen atoms in total. The summed E-state index contributed by atoms with van der Waals surface area (Å²) in [6.07, 6.45) is 0. The molecule has 0 fully saturated rings. The van der Waals surface area contributed by atoms with Crippen LogP contribution in [0.25, 0.3) is 0 Å². The van der Waals surface area contributed by atoms with Crippen LogP contribution in [-0.2, 0) is 4.79 Å². The molecular formula is C18H16ClF2N3O4. The lowest BCUT2D eigenvalue weighted by Crippen LogP contribution is -2.47. The second-order valence-electron chi connectivity index (χ2n) is 6.27. The molecule has 0 radical (unpaired) electrons. The third-order valence-electron chi connectivity index (χ3n) is 3.77. The van der Waals surface area contributed by atoms with Gasteiger partial charge < -0.3 is 10.6 Å². The van der Waals surface area contributed by atoms with Gasteiger partial charge in [-0.2, -0.15) is 0 Å². The standard InChI is InChI=1S/C18H16ClF2N3O4/c1-9(2)16(18(26)22-13-7-11(20)6-12(21)8-13)23-17(25)10-3-4-14(19)15(5-10)24(27)28/h3-9,16H,1-2H3,(H,22,26)(H,23,25)/t16-/m0/s1. The van der Waals surface area contributed by atoms with Crippen LogP contribution < -0.4 is 10.6 Å². The van der Waals surface area contributed by atoms with Gasteiger partial charge in [-0.15, -0.1) is 0 Å². The van der Waals surface area contributed by atoms with E-state index >= 15 is 0 Å². The van der Waals surface area contributed by atoms with Crippen LogP contribution >= 0.6 is 11.6 Å². The number of nitrogens with one attached hydrogen (secondary N) is 2. The van der Waals surface area contributed by atoms with E-state index in [-0.39, 0.29) is 22.2 Å². The van der Waals surface area contributed by atoms with E-state index in [1.165, 1.54) is 12.1 Å². The Balaban J connectivity index is 2.20. The first kappa shape index (κ1) is 21.2. The zero-order valence-electron chi connectivity index (χ0n) is 14.8. The second-order valence-corrected chi connectivity index (χ2v) is 6.67. The van der Waals surface area contributed by atoms with Gasteiger partial charge in [-0.05, 0) is 30.2 Å². The van der Waals surface area contributed by atoms with Gasteiger partial charge >= 0.3 is 0 Å². The van der Waals surface area contributed by atoms with Gasteiger partial charge in [0.15, 0.2) is 0 Å². The SMILES string of the molecule is CC(C)[C@H](NC(=O)c1ccc(Cl)c([N+](=O)[O-])c1)C(=O)Nc1cc(F)cc(F)c1. The number of nitrogens with zero attached hydrogens (tertiary/aromatic N) is 1. The van der Waals surface area contributed by atoms with Crippen molar-refractivity contribution < 1.29 is 23.3 Å². The van der Waals surface area contributed by atoms with E-state index in [9.17, 15) is 28.5 Å². The Morgan fingerprint density at radius 1 is 1.11 bits per heavy atom. The molecule has 0 aliphatic carbocycles. The lowest BCUT2D eigenvalue weighted by molar-refractivity contribution is -0.384. The van der Waals surface area contributed by atoms with Crippen LogP contribution in [0.3, 0.4) is 0 Å². The molecule has 0 aliphatic heterocycles. The second kappa shape index (κ2) is 8.75. The van der Waals surface area contributed by atoms with Crippen LogP contribution in [0.5, 0.6) is 0 Å². The van der Waals surface area contributed by atoms with Gasteiger partial charge in [0.1, 0.15) is 22.7 Å². The molecular weight excluding hydrogens is 396 g/mol. The number of hydrogen-bond acceptors (Lipinski definition) is 4. The third-order valence-corrected chi connectivity index (χ3v) is 4.09. The number of anilines is 1. The smallest absolute Gasteiger partial charge is 0.288 e. The number of carbonyl (C=O) groups excluding carboxylic acids is 2. The highest BCUT2D eigenvalue weighted by Crippen LogP contribution is 2.25. The summed E-state index contributed by atoms with van der Waals surface area (Å²) in [6, 6.07) is 4.94. The summed E-state index contributed by atoms with van der Waals surface area (Å²) in [4.78, 5) is 35.1. The van der Waals surface area contributed by atoms with Crippen molar-refractivity contribution in [3.8, 4) is 0 Å². The molecule has 0 bridgehead atoms.